The van der Waals surface area contributed by atoms with Crippen LogP contribution >= 0.6 is 22.7 Å². The molecule has 2 aromatic heterocycles. The van der Waals surface area contributed by atoms with E-state index in [2.05, 4.69) is 42.6 Å². The van der Waals surface area contributed by atoms with E-state index in [0.29, 0.717) is 21.9 Å². The highest BCUT2D eigenvalue weighted by atomic mass is 32.1. The smallest absolute Gasteiger partial charge is 0.266 e. The number of nitrogens with one attached hydrogen (secondary N) is 1. The minimum absolute atomic E-state index is 0.210. The summed E-state index contributed by atoms with van der Waals surface area (Å²) >= 11 is 2.83. The van der Waals surface area contributed by atoms with Crippen molar-refractivity contribution in [3.8, 4) is 0 Å². The van der Waals surface area contributed by atoms with Crippen molar-refractivity contribution >= 4 is 49.6 Å². The highest BCUT2D eigenvalue weighted by molar-refractivity contribution is 7.21. The molecule has 0 unspecified atom stereocenters. The molecule has 146 valence electrons. The van der Waals surface area contributed by atoms with E-state index in [1.807, 2.05) is 25.1 Å². The van der Waals surface area contributed by atoms with Crippen LogP contribution in [0.4, 0.5) is 5.00 Å². The Labute approximate surface area is 177 Å². The molecule has 0 radical (unpaired) electrons. The fraction of sp³-hybridized carbons (Fsp3) is 0.130. The quantitative estimate of drug-likeness (QED) is 0.446. The summed E-state index contributed by atoms with van der Waals surface area (Å²) in [5, 5.41) is 4.50. The summed E-state index contributed by atoms with van der Waals surface area (Å²) < 4.78 is 1.07. The normalized spacial score (nSPS) is 11.0. The molecule has 0 saturated heterocycles. The first kappa shape index (κ1) is 19.4. The van der Waals surface area contributed by atoms with Gasteiger partial charge in [-0.05, 0) is 48.9 Å². The molecule has 0 aliphatic rings. The number of benzene rings is 2. The molecule has 2 amide bonds. The summed E-state index contributed by atoms with van der Waals surface area (Å²) in [6.07, 6.45) is 0.666. The molecule has 0 aliphatic heterocycles. The number of thiophene rings is 2. The second-order valence-corrected chi connectivity index (χ2v) is 9.30. The Bertz CT molecular complexity index is 1220. The minimum Gasteiger partial charge on any atom is -0.366 e. The first-order chi connectivity index (χ1) is 13.9. The molecule has 0 spiro atoms. The molecule has 3 N–H and O–H groups in total. The van der Waals surface area contributed by atoms with Gasteiger partial charge in [0.25, 0.3) is 11.8 Å². The van der Waals surface area contributed by atoms with Gasteiger partial charge in [0.2, 0.25) is 0 Å². The summed E-state index contributed by atoms with van der Waals surface area (Å²) in [6, 6.07) is 18.1. The van der Waals surface area contributed by atoms with Crippen molar-refractivity contribution in [1.29, 1.82) is 0 Å². The molecule has 29 heavy (non-hydrogen) atoms. The van der Waals surface area contributed by atoms with Gasteiger partial charge in [-0.3, -0.25) is 9.59 Å². The molecule has 2 aromatic carbocycles. The standard InChI is InChI=1S/C23H20N2O2S2/c1-13-7-9-15(10-8-13)12-17-16-5-3-4-6-19(16)29-20(17)22(27)25-23-18(21(24)26)11-14(2)28-23/h3-11H,12H2,1-2H3,(H2,24,26)(H,25,27). The van der Waals surface area contributed by atoms with Gasteiger partial charge in [0, 0.05) is 9.58 Å². The number of carbonyl (C=O) groups excluding carboxylic acids is 2. The predicted octanol–water partition coefficient (Wildman–Crippen LogP) is 5.52. The number of nitrogens with two attached hydrogens (primary N) is 1. The Hall–Kier alpha value is -2.96. The summed E-state index contributed by atoms with van der Waals surface area (Å²) in [6.45, 7) is 3.94. The summed E-state index contributed by atoms with van der Waals surface area (Å²) in [5.74, 6) is -0.751. The van der Waals surface area contributed by atoms with Crippen molar-refractivity contribution in [2.24, 2.45) is 5.73 Å². The highest BCUT2D eigenvalue weighted by Gasteiger charge is 2.21. The zero-order valence-electron chi connectivity index (χ0n) is 16.1. The number of rotatable bonds is 5. The number of amides is 2. The molecule has 4 nitrogen and oxygen atoms in total. The van der Waals surface area contributed by atoms with Crippen LogP contribution in [0.2, 0.25) is 0 Å². The average molecular weight is 421 g/mol. The van der Waals surface area contributed by atoms with Gasteiger partial charge in [0.1, 0.15) is 5.00 Å². The Kier molecular flexibility index (Phi) is 5.22. The third-order valence-electron chi connectivity index (χ3n) is 4.75. The van der Waals surface area contributed by atoms with E-state index in [9.17, 15) is 9.59 Å². The van der Waals surface area contributed by atoms with Crippen molar-refractivity contribution in [1.82, 2.24) is 0 Å². The average Bonchev–Trinajstić information content (AvgIpc) is 3.24. The van der Waals surface area contributed by atoms with Crippen LogP contribution in [0.25, 0.3) is 10.1 Å². The molecular formula is C23H20N2O2S2. The fourth-order valence-corrected chi connectivity index (χ4v) is 5.35. The molecule has 2 heterocycles. The lowest BCUT2D eigenvalue weighted by Gasteiger charge is -2.07. The van der Waals surface area contributed by atoms with E-state index < -0.39 is 5.91 Å². The van der Waals surface area contributed by atoms with Crippen LogP contribution in [0.15, 0.2) is 54.6 Å². The van der Waals surface area contributed by atoms with Crippen molar-refractivity contribution in [3.05, 3.63) is 86.6 Å². The molecule has 0 aliphatic carbocycles. The maximum absolute atomic E-state index is 13.2. The summed E-state index contributed by atoms with van der Waals surface area (Å²) in [7, 11) is 0. The molecule has 0 atom stereocenters. The SMILES string of the molecule is Cc1ccc(Cc2c(C(=O)Nc3sc(C)cc3C(N)=O)sc3ccccc23)cc1. The van der Waals surface area contributed by atoms with E-state index in [-0.39, 0.29) is 5.91 Å². The predicted molar refractivity (Wildman–Crippen MR) is 121 cm³/mol. The lowest BCUT2D eigenvalue weighted by atomic mass is 10.0. The number of carbonyl (C=O) groups is 2. The van der Waals surface area contributed by atoms with Crippen molar-refractivity contribution < 1.29 is 9.59 Å². The van der Waals surface area contributed by atoms with Crippen LogP contribution in [0, 0.1) is 13.8 Å². The Balaban J connectivity index is 1.74. The number of fused-ring (bicyclic) bond motifs is 1. The van der Waals surface area contributed by atoms with Crippen molar-refractivity contribution in [2.75, 3.05) is 5.32 Å². The fourth-order valence-electron chi connectivity index (χ4n) is 3.32. The molecular weight excluding hydrogens is 400 g/mol. The maximum Gasteiger partial charge on any atom is 0.266 e. The maximum atomic E-state index is 13.2. The van der Waals surface area contributed by atoms with Gasteiger partial charge in [-0.25, -0.2) is 0 Å². The van der Waals surface area contributed by atoms with Crippen LogP contribution in [0.1, 0.15) is 41.6 Å². The number of primary amides is 1. The third-order valence-corrected chi connectivity index (χ3v) is 6.93. The van der Waals surface area contributed by atoms with Gasteiger partial charge in [-0.2, -0.15) is 0 Å². The van der Waals surface area contributed by atoms with Crippen LogP contribution in [-0.2, 0) is 6.42 Å². The molecule has 0 bridgehead atoms. The lowest BCUT2D eigenvalue weighted by Crippen LogP contribution is -2.16. The number of hydrogen-bond donors (Lipinski definition) is 2. The first-order valence-electron chi connectivity index (χ1n) is 9.20. The molecule has 4 aromatic rings. The van der Waals surface area contributed by atoms with Gasteiger partial charge < -0.3 is 11.1 Å². The second-order valence-electron chi connectivity index (χ2n) is 6.99. The van der Waals surface area contributed by atoms with E-state index in [4.69, 9.17) is 5.73 Å². The monoisotopic (exact) mass is 420 g/mol. The third kappa shape index (κ3) is 3.95. The molecule has 0 fully saturated rings. The van der Waals surface area contributed by atoms with Gasteiger partial charge in [0.15, 0.2) is 0 Å². The van der Waals surface area contributed by atoms with Crippen LogP contribution in [0.5, 0.6) is 0 Å². The zero-order chi connectivity index (χ0) is 20.5. The van der Waals surface area contributed by atoms with Crippen molar-refractivity contribution in [3.63, 3.8) is 0 Å². The topological polar surface area (TPSA) is 72.2 Å². The van der Waals surface area contributed by atoms with Crippen LogP contribution in [-0.4, -0.2) is 11.8 Å². The van der Waals surface area contributed by atoms with Gasteiger partial charge in [-0.1, -0.05) is 48.0 Å². The van der Waals surface area contributed by atoms with Gasteiger partial charge >= 0.3 is 0 Å². The second kappa shape index (κ2) is 7.81. The number of anilines is 1. The molecule has 4 rings (SSSR count). The van der Waals surface area contributed by atoms with Crippen LogP contribution < -0.4 is 11.1 Å². The summed E-state index contributed by atoms with van der Waals surface area (Å²) in [5.41, 5.74) is 9.17. The van der Waals surface area contributed by atoms with Gasteiger partial charge in [-0.15, -0.1) is 22.7 Å². The molecule has 6 heteroatoms. The largest absolute Gasteiger partial charge is 0.366 e. The van der Waals surface area contributed by atoms with Gasteiger partial charge in [0.05, 0.1) is 10.4 Å². The Morgan fingerprint density at radius 3 is 2.45 bits per heavy atom. The highest BCUT2D eigenvalue weighted by Crippen LogP contribution is 2.35. The Morgan fingerprint density at radius 2 is 1.72 bits per heavy atom. The minimum atomic E-state index is -0.541. The van der Waals surface area contributed by atoms with E-state index in [1.165, 1.54) is 28.2 Å². The number of aryl methyl sites for hydroxylation is 2. The summed E-state index contributed by atoms with van der Waals surface area (Å²) in [4.78, 5) is 26.5. The van der Waals surface area contributed by atoms with Crippen LogP contribution in [0.3, 0.4) is 0 Å². The van der Waals surface area contributed by atoms with E-state index in [0.717, 1.165) is 26.1 Å². The Morgan fingerprint density at radius 1 is 1.00 bits per heavy atom. The van der Waals surface area contributed by atoms with E-state index >= 15 is 0 Å². The first-order valence-corrected chi connectivity index (χ1v) is 10.8. The molecule has 0 saturated carbocycles. The van der Waals surface area contributed by atoms with Crippen molar-refractivity contribution in [2.45, 2.75) is 20.3 Å². The number of hydrogen-bond acceptors (Lipinski definition) is 4. The lowest BCUT2D eigenvalue weighted by molar-refractivity contribution is 0.100. The van der Waals surface area contributed by atoms with E-state index in [1.54, 1.807) is 6.07 Å². The zero-order valence-corrected chi connectivity index (χ0v) is 17.7.